The van der Waals surface area contributed by atoms with E-state index in [2.05, 4.69) is 4.90 Å². The zero-order chi connectivity index (χ0) is 17.9. The third-order valence-corrected chi connectivity index (χ3v) is 4.99. The van der Waals surface area contributed by atoms with Gasteiger partial charge < -0.3 is 19.7 Å². The molecular formula is C20H33NO4. The summed E-state index contributed by atoms with van der Waals surface area (Å²) in [6, 6.07) is 5.76. The molecule has 5 nitrogen and oxygen atoms in total. The van der Waals surface area contributed by atoms with Gasteiger partial charge in [-0.05, 0) is 43.4 Å². The van der Waals surface area contributed by atoms with E-state index in [9.17, 15) is 5.11 Å². The van der Waals surface area contributed by atoms with Gasteiger partial charge in [-0.1, -0.05) is 25.3 Å². The van der Waals surface area contributed by atoms with Crippen LogP contribution in [0, 0.1) is 0 Å². The average molecular weight is 351 g/mol. The van der Waals surface area contributed by atoms with E-state index in [1.54, 1.807) is 19.2 Å². The number of ether oxygens (including phenoxy) is 2. The Labute approximate surface area is 151 Å². The first-order chi connectivity index (χ1) is 12.2. The first kappa shape index (κ1) is 20.0. The standard InChI is InChI=1S/C10H19NO.C10H14O3/c1-2-4-10(5-3-1)11-6-8-12-9-7-11;1-13-6-2-3-8-4-5-9(11)10(12)7-8/h10H,1-9H2;4-5,7,11-12H,2-3,6H2,1H3. The molecule has 1 aliphatic carbocycles. The van der Waals surface area contributed by atoms with Crippen molar-refractivity contribution in [2.45, 2.75) is 51.0 Å². The molecule has 1 heterocycles. The van der Waals surface area contributed by atoms with Crippen molar-refractivity contribution in [3.8, 4) is 11.5 Å². The summed E-state index contributed by atoms with van der Waals surface area (Å²) in [4.78, 5) is 2.63. The van der Waals surface area contributed by atoms with E-state index in [1.807, 2.05) is 0 Å². The van der Waals surface area contributed by atoms with Crippen molar-refractivity contribution in [1.29, 1.82) is 0 Å². The van der Waals surface area contributed by atoms with Crippen molar-refractivity contribution >= 4 is 0 Å². The van der Waals surface area contributed by atoms with Crippen molar-refractivity contribution in [3.05, 3.63) is 23.8 Å². The van der Waals surface area contributed by atoms with E-state index < -0.39 is 0 Å². The van der Waals surface area contributed by atoms with Crippen molar-refractivity contribution in [2.75, 3.05) is 40.0 Å². The Balaban J connectivity index is 0.000000181. The zero-order valence-electron chi connectivity index (χ0n) is 15.5. The molecule has 0 spiro atoms. The van der Waals surface area contributed by atoms with E-state index in [4.69, 9.17) is 14.6 Å². The third kappa shape index (κ3) is 7.22. The minimum Gasteiger partial charge on any atom is -0.504 e. The number of methoxy groups -OCH3 is 1. The highest BCUT2D eigenvalue weighted by Crippen LogP contribution is 2.25. The number of benzene rings is 1. The van der Waals surface area contributed by atoms with Crippen molar-refractivity contribution in [2.24, 2.45) is 0 Å². The smallest absolute Gasteiger partial charge is 0.157 e. The number of nitrogens with zero attached hydrogens (tertiary/aromatic N) is 1. The highest BCUT2D eigenvalue weighted by molar-refractivity contribution is 5.40. The zero-order valence-corrected chi connectivity index (χ0v) is 15.5. The van der Waals surface area contributed by atoms with E-state index >= 15 is 0 Å². The lowest BCUT2D eigenvalue weighted by Crippen LogP contribution is -2.44. The van der Waals surface area contributed by atoms with E-state index in [-0.39, 0.29) is 11.5 Å². The summed E-state index contributed by atoms with van der Waals surface area (Å²) < 4.78 is 10.3. The van der Waals surface area contributed by atoms with E-state index in [0.717, 1.165) is 37.7 Å². The van der Waals surface area contributed by atoms with Gasteiger partial charge in [-0.2, -0.15) is 0 Å². The van der Waals surface area contributed by atoms with Gasteiger partial charge in [0.15, 0.2) is 11.5 Å². The minimum absolute atomic E-state index is 0.0603. The molecule has 1 aromatic carbocycles. The molecule has 0 radical (unpaired) electrons. The number of hydrogen-bond acceptors (Lipinski definition) is 5. The molecule has 1 aliphatic heterocycles. The largest absolute Gasteiger partial charge is 0.504 e. The Morgan fingerprint density at radius 2 is 1.80 bits per heavy atom. The van der Waals surface area contributed by atoms with Crippen LogP contribution in [0.3, 0.4) is 0 Å². The van der Waals surface area contributed by atoms with Gasteiger partial charge in [0.2, 0.25) is 0 Å². The molecule has 0 atom stereocenters. The third-order valence-electron chi connectivity index (χ3n) is 4.99. The van der Waals surface area contributed by atoms with Crippen LogP contribution < -0.4 is 0 Å². The van der Waals surface area contributed by atoms with E-state index in [0.29, 0.717) is 6.61 Å². The van der Waals surface area contributed by atoms with Crippen LogP contribution in [0.5, 0.6) is 11.5 Å². The number of morpholine rings is 1. The quantitative estimate of drug-likeness (QED) is 0.629. The minimum atomic E-state index is -0.0736. The van der Waals surface area contributed by atoms with Crippen LogP contribution in [0.1, 0.15) is 44.1 Å². The lowest BCUT2D eigenvalue weighted by molar-refractivity contribution is 0.00858. The van der Waals surface area contributed by atoms with E-state index in [1.165, 1.54) is 51.3 Å². The number of hydrogen-bond donors (Lipinski definition) is 2. The second-order valence-corrected chi connectivity index (χ2v) is 6.86. The fourth-order valence-corrected chi connectivity index (χ4v) is 3.53. The van der Waals surface area contributed by atoms with Crippen molar-refractivity contribution in [1.82, 2.24) is 4.90 Å². The van der Waals surface area contributed by atoms with Gasteiger partial charge in [-0.25, -0.2) is 0 Å². The highest BCUT2D eigenvalue weighted by Gasteiger charge is 2.22. The molecule has 1 saturated heterocycles. The molecule has 2 aliphatic rings. The molecule has 0 amide bonds. The lowest BCUT2D eigenvalue weighted by atomic mass is 9.94. The fraction of sp³-hybridized carbons (Fsp3) is 0.700. The van der Waals surface area contributed by atoms with Gasteiger partial charge >= 0.3 is 0 Å². The molecule has 142 valence electrons. The summed E-state index contributed by atoms with van der Waals surface area (Å²) in [7, 11) is 1.66. The van der Waals surface area contributed by atoms with Crippen LogP contribution in [0.25, 0.3) is 0 Å². The predicted octanol–water partition coefficient (Wildman–Crippen LogP) is 3.33. The van der Waals surface area contributed by atoms with Gasteiger partial charge in [0.25, 0.3) is 0 Å². The van der Waals surface area contributed by atoms with Crippen LogP contribution in [0.15, 0.2) is 18.2 Å². The maximum absolute atomic E-state index is 9.18. The second-order valence-electron chi connectivity index (χ2n) is 6.86. The van der Waals surface area contributed by atoms with Crippen LogP contribution in [-0.2, 0) is 15.9 Å². The molecule has 2 fully saturated rings. The second kappa shape index (κ2) is 11.3. The summed E-state index contributed by atoms with van der Waals surface area (Å²) in [6.07, 6.45) is 8.98. The van der Waals surface area contributed by atoms with Crippen LogP contribution in [0.2, 0.25) is 0 Å². The molecular weight excluding hydrogens is 318 g/mol. The Morgan fingerprint density at radius 1 is 1.08 bits per heavy atom. The Bertz CT molecular complexity index is 467. The molecule has 2 N–H and O–H groups in total. The molecule has 0 aromatic heterocycles. The predicted molar refractivity (Wildman–Crippen MR) is 99.2 cm³/mol. The van der Waals surface area contributed by atoms with Crippen molar-refractivity contribution < 1.29 is 19.7 Å². The number of aryl methyl sites for hydroxylation is 1. The van der Waals surface area contributed by atoms with Gasteiger partial charge in [-0.15, -0.1) is 0 Å². The van der Waals surface area contributed by atoms with Gasteiger partial charge in [0, 0.05) is 32.8 Å². The Hall–Kier alpha value is -1.30. The van der Waals surface area contributed by atoms with Crippen LogP contribution in [0.4, 0.5) is 0 Å². The van der Waals surface area contributed by atoms with Crippen LogP contribution in [-0.4, -0.2) is 61.2 Å². The molecule has 0 bridgehead atoms. The summed E-state index contributed by atoms with van der Waals surface area (Å²) in [5, 5.41) is 18.2. The normalized spacial score (nSPS) is 19.2. The average Bonchev–Trinajstić information content (AvgIpc) is 2.67. The number of phenols is 2. The summed E-state index contributed by atoms with van der Waals surface area (Å²) in [5.74, 6) is -0.134. The van der Waals surface area contributed by atoms with Crippen molar-refractivity contribution in [3.63, 3.8) is 0 Å². The first-order valence-electron chi connectivity index (χ1n) is 9.52. The summed E-state index contributed by atoms with van der Waals surface area (Å²) in [5.41, 5.74) is 1.01. The summed E-state index contributed by atoms with van der Waals surface area (Å²) >= 11 is 0. The lowest BCUT2D eigenvalue weighted by Gasteiger charge is -2.36. The summed E-state index contributed by atoms with van der Waals surface area (Å²) in [6.45, 7) is 4.96. The topological polar surface area (TPSA) is 62.2 Å². The number of aromatic hydroxyl groups is 2. The number of rotatable bonds is 5. The molecule has 3 rings (SSSR count). The Kier molecular flexibility index (Phi) is 9.08. The Morgan fingerprint density at radius 3 is 2.44 bits per heavy atom. The molecule has 25 heavy (non-hydrogen) atoms. The number of phenolic OH excluding ortho intramolecular Hbond substituents is 2. The molecule has 5 heteroatoms. The van der Waals surface area contributed by atoms with Gasteiger partial charge in [0.1, 0.15) is 0 Å². The molecule has 1 aromatic rings. The van der Waals surface area contributed by atoms with Crippen LogP contribution >= 0.6 is 0 Å². The highest BCUT2D eigenvalue weighted by atomic mass is 16.5. The first-order valence-corrected chi connectivity index (χ1v) is 9.52. The fourth-order valence-electron chi connectivity index (χ4n) is 3.53. The SMILES string of the molecule is C1CCC(N2CCOCC2)CC1.COCCCc1ccc(O)c(O)c1. The molecule has 0 unspecified atom stereocenters. The molecule has 1 saturated carbocycles. The monoisotopic (exact) mass is 351 g/mol. The van der Waals surface area contributed by atoms with Gasteiger partial charge in [-0.3, -0.25) is 4.90 Å². The maximum Gasteiger partial charge on any atom is 0.157 e. The maximum atomic E-state index is 9.18. The van der Waals surface area contributed by atoms with Gasteiger partial charge in [0.05, 0.1) is 13.2 Å².